The van der Waals surface area contributed by atoms with Crippen LogP contribution in [-0.2, 0) is 17.8 Å². The van der Waals surface area contributed by atoms with Crippen molar-refractivity contribution >= 4 is 23.8 Å². The molecule has 0 N–H and O–H groups in total. The van der Waals surface area contributed by atoms with Crippen molar-refractivity contribution in [2.24, 2.45) is 0 Å². The monoisotopic (exact) mass is 1010 g/mol. The van der Waals surface area contributed by atoms with Gasteiger partial charge in [0.05, 0.1) is 16.7 Å². The van der Waals surface area contributed by atoms with Gasteiger partial charge in [0.25, 0.3) is 0 Å². The molecule has 0 nitrogen and oxygen atoms in total. The maximum Gasteiger partial charge on any atom is 0.303 e. The smallest absolute Gasteiger partial charge is 0.203 e. The molecule has 0 saturated heterocycles. The van der Waals surface area contributed by atoms with Crippen molar-refractivity contribution in [3.05, 3.63) is 156 Å². The van der Waals surface area contributed by atoms with Gasteiger partial charge in [-0.25, -0.2) is 92.2 Å². The van der Waals surface area contributed by atoms with Gasteiger partial charge in [0.1, 0.15) is 0 Å². The predicted octanol–water partition coefficient (Wildman–Crippen LogP) is 12.7. The fraction of sp³-hybridized carbons (Fsp3) is 0.0769. The molecule has 0 unspecified atom stereocenters. The molecular weight excluding hydrogens is 1010 g/mol. The zero-order chi connectivity index (χ0) is 49.9. The lowest BCUT2D eigenvalue weighted by Crippen LogP contribution is -2.40. The van der Waals surface area contributed by atoms with Crippen LogP contribution in [-0.4, -0.2) is 0 Å². The topological polar surface area (TPSA) is 0 Å². The van der Waals surface area contributed by atoms with Gasteiger partial charge < -0.3 is 0 Å². The number of hydrogen-bond acceptors (Lipinski definition) is 0. The van der Waals surface area contributed by atoms with Crippen LogP contribution in [0.2, 0.25) is 0 Å². The van der Waals surface area contributed by atoms with Crippen LogP contribution in [0.3, 0.4) is 0 Å². The predicted molar refractivity (Wildman–Crippen MR) is 170 cm³/mol. The van der Waals surface area contributed by atoms with Gasteiger partial charge in [0.15, 0.2) is 122 Å². The average molecular weight is 1010 g/mol. The molecule has 9 rings (SSSR count). The molecule has 0 fully saturated rings. The van der Waals surface area contributed by atoms with E-state index < -0.39 is 231 Å². The summed E-state index contributed by atoms with van der Waals surface area (Å²) in [5.41, 5.74) is -36.6. The average Bonchev–Trinajstić information content (AvgIpc) is 3.77. The SMILES string of the molecule is Fc1c(F)c(F)c2c(c1F)-c1c(F)c(F)c(F)c(P(c3c(F)c(F)c(F)c4c3C(F)(F)c3c(F)c(F)c(F)c(F)c3-4)c3c(F)c(F)c(F)c4c3C(F)(F)c3c(F)c(F)c(F)c(F)c3-4)c1C2(F)F. The highest BCUT2D eigenvalue weighted by atomic mass is 31.1. The number of rotatable bonds is 3. The Bertz CT molecular complexity index is 3060. The van der Waals surface area contributed by atoms with Crippen molar-refractivity contribution in [3.8, 4) is 33.4 Å². The van der Waals surface area contributed by atoms with Gasteiger partial charge in [-0.05, 0) is 7.92 Å². The Morgan fingerprint density at radius 3 is 0.522 bits per heavy atom. The third kappa shape index (κ3) is 5.12. The molecule has 0 bridgehead atoms. The number of benzene rings is 6. The summed E-state index contributed by atoms with van der Waals surface area (Å²) in [6.07, 6.45) is 0. The number of fused-ring (bicyclic) bond motifs is 9. The summed E-state index contributed by atoms with van der Waals surface area (Å²) in [4.78, 5) is 0. The Balaban J connectivity index is 1.61. The summed E-state index contributed by atoms with van der Waals surface area (Å²) in [5.74, 6) is -90.7. The van der Waals surface area contributed by atoms with E-state index in [1.54, 1.807) is 0 Å². The molecule has 350 valence electrons. The molecule has 0 spiro atoms. The minimum absolute atomic E-state index is 2.79. The van der Waals surface area contributed by atoms with E-state index in [1.807, 2.05) is 0 Å². The Labute approximate surface area is 349 Å². The van der Waals surface area contributed by atoms with E-state index in [2.05, 4.69) is 0 Å². The van der Waals surface area contributed by atoms with Crippen molar-refractivity contribution in [2.45, 2.75) is 17.8 Å². The molecule has 28 heteroatoms. The molecule has 0 aromatic heterocycles. The normalized spacial score (nSPS) is 15.6. The standard InChI is InChI=1S/C39F27P/c40-13-1-4-10(37(61,62)7(1)19(46)28(55)22(13)49)34(31(58)25(52)16(4)43)67(35-11-5(17(44)26(53)32(35)59)2-8(38(11,63)64)20(47)29(56)23(50)14(2)41)36-12-6(18(45)27(54)33(36)60)3-9(39(12,65)66)21(48)30(57)24(51)15(3)42. The van der Waals surface area contributed by atoms with Crippen LogP contribution >= 0.6 is 7.92 Å². The minimum Gasteiger partial charge on any atom is -0.203 e. The summed E-state index contributed by atoms with van der Waals surface area (Å²) >= 11 is 0. The second-order valence-electron chi connectivity index (χ2n) is 14.2. The van der Waals surface area contributed by atoms with Gasteiger partial charge in [-0.1, -0.05) is 0 Å². The first-order valence-electron chi connectivity index (χ1n) is 17.0. The second kappa shape index (κ2) is 13.7. The summed E-state index contributed by atoms with van der Waals surface area (Å²) in [6, 6.07) is 0. The first kappa shape index (κ1) is 46.0. The van der Waals surface area contributed by atoms with Crippen molar-refractivity contribution in [2.75, 3.05) is 0 Å². The summed E-state index contributed by atoms with van der Waals surface area (Å²) in [5, 5.41) is -10.2. The van der Waals surface area contributed by atoms with Crippen molar-refractivity contribution in [1.82, 2.24) is 0 Å². The maximum atomic E-state index is 16.7. The van der Waals surface area contributed by atoms with E-state index in [1.165, 1.54) is 0 Å². The van der Waals surface area contributed by atoms with Gasteiger partial charge in [0, 0.05) is 66.0 Å². The van der Waals surface area contributed by atoms with Gasteiger partial charge in [-0.15, -0.1) is 0 Å². The summed E-state index contributed by atoms with van der Waals surface area (Å²) < 4.78 is 425. The number of hydrogen-bond donors (Lipinski definition) is 0. The van der Waals surface area contributed by atoms with Crippen molar-refractivity contribution in [3.63, 3.8) is 0 Å². The quantitative estimate of drug-likeness (QED) is 0.0717. The first-order valence-corrected chi connectivity index (χ1v) is 18.4. The van der Waals surface area contributed by atoms with E-state index in [4.69, 9.17) is 0 Å². The van der Waals surface area contributed by atoms with Crippen molar-refractivity contribution in [1.29, 1.82) is 0 Å². The highest BCUT2D eigenvalue weighted by Crippen LogP contribution is 2.63. The number of alkyl halides is 6. The van der Waals surface area contributed by atoms with Gasteiger partial charge in [0.2, 0.25) is 0 Å². The molecule has 0 saturated carbocycles. The first-order chi connectivity index (χ1) is 30.9. The fourth-order valence-corrected chi connectivity index (χ4v) is 11.4. The highest BCUT2D eigenvalue weighted by molar-refractivity contribution is 7.80. The van der Waals surface area contributed by atoms with E-state index in [-0.39, 0.29) is 0 Å². The number of halogens is 27. The van der Waals surface area contributed by atoms with E-state index >= 15 is 92.2 Å². The molecular formula is C39F27P. The van der Waals surface area contributed by atoms with Crippen LogP contribution in [0.1, 0.15) is 33.4 Å². The molecule has 0 amide bonds. The van der Waals surface area contributed by atoms with E-state index in [0.29, 0.717) is 0 Å². The zero-order valence-electron chi connectivity index (χ0n) is 30.2. The lowest BCUT2D eigenvalue weighted by atomic mass is 10.0. The molecule has 3 aliphatic carbocycles. The van der Waals surface area contributed by atoms with Crippen LogP contribution in [0.4, 0.5) is 119 Å². The second-order valence-corrected chi connectivity index (χ2v) is 16.2. The molecule has 0 heterocycles. The third-order valence-corrected chi connectivity index (χ3v) is 13.6. The van der Waals surface area contributed by atoms with Crippen molar-refractivity contribution < 1.29 is 119 Å². The van der Waals surface area contributed by atoms with E-state index in [9.17, 15) is 26.3 Å². The molecule has 0 radical (unpaired) electrons. The molecule has 3 aliphatic rings. The van der Waals surface area contributed by atoms with Crippen LogP contribution in [0.15, 0.2) is 0 Å². The van der Waals surface area contributed by atoms with E-state index in [0.717, 1.165) is 0 Å². The van der Waals surface area contributed by atoms with Gasteiger partial charge >= 0.3 is 17.8 Å². The maximum absolute atomic E-state index is 16.7. The molecule has 0 aliphatic heterocycles. The molecule has 0 atom stereocenters. The zero-order valence-corrected chi connectivity index (χ0v) is 31.0. The molecule has 67 heavy (non-hydrogen) atoms. The minimum atomic E-state index is -6.28. The lowest BCUT2D eigenvalue weighted by Gasteiger charge is -2.31. The largest absolute Gasteiger partial charge is 0.303 e. The highest BCUT2D eigenvalue weighted by Gasteiger charge is 2.62. The Kier molecular flexibility index (Phi) is 9.43. The molecule has 6 aromatic rings. The molecule has 6 aromatic carbocycles. The third-order valence-electron chi connectivity index (χ3n) is 11.0. The fourth-order valence-electron chi connectivity index (χ4n) is 8.39. The van der Waals surface area contributed by atoms with Gasteiger partial charge in [-0.2, -0.15) is 26.3 Å². The summed E-state index contributed by atoms with van der Waals surface area (Å²) in [7, 11) is -6.27. The van der Waals surface area contributed by atoms with Crippen LogP contribution in [0.5, 0.6) is 0 Å². The van der Waals surface area contributed by atoms with Crippen LogP contribution < -0.4 is 15.9 Å². The lowest BCUT2D eigenvalue weighted by molar-refractivity contribution is 0.0433. The summed E-state index contributed by atoms with van der Waals surface area (Å²) in [6.45, 7) is 0. The Morgan fingerprint density at radius 1 is 0.179 bits per heavy atom. The Hall–Kier alpha value is -6.14. The van der Waals surface area contributed by atoms with Crippen LogP contribution in [0.25, 0.3) is 33.4 Å². The Morgan fingerprint density at radius 2 is 0.328 bits per heavy atom. The van der Waals surface area contributed by atoms with Gasteiger partial charge in [-0.3, -0.25) is 0 Å². The van der Waals surface area contributed by atoms with Crippen LogP contribution in [0, 0.1) is 122 Å².